The minimum absolute atomic E-state index is 0.150. The first kappa shape index (κ1) is 24.9. The minimum Gasteiger partial charge on any atom is -0.493 e. The largest absolute Gasteiger partial charge is 0.493 e. The van der Waals surface area contributed by atoms with Gasteiger partial charge in [0.25, 0.3) is 5.56 Å². The van der Waals surface area contributed by atoms with Crippen LogP contribution in [0.4, 0.5) is 0 Å². The Labute approximate surface area is 229 Å². The van der Waals surface area contributed by atoms with Gasteiger partial charge in [-0.25, -0.2) is 4.68 Å². The fraction of sp³-hybridized carbons (Fsp3) is 0.194. The molecule has 0 saturated carbocycles. The van der Waals surface area contributed by atoms with E-state index in [4.69, 9.17) is 9.47 Å². The number of thiophene rings is 1. The summed E-state index contributed by atoms with van der Waals surface area (Å²) in [7, 11) is 1.62. The number of hydrogen-bond donors (Lipinski definition) is 0. The molecule has 39 heavy (non-hydrogen) atoms. The lowest BCUT2D eigenvalue weighted by molar-refractivity contribution is -0.132. The fourth-order valence-electron chi connectivity index (χ4n) is 4.99. The van der Waals surface area contributed by atoms with E-state index in [0.29, 0.717) is 43.0 Å². The number of carbonyl (C=O) groups is 1. The lowest BCUT2D eigenvalue weighted by atomic mass is 10.0. The Morgan fingerprint density at radius 3 is 2.59 bits per heavy atom. The molecule has 0 aliphatic carbocycles. The normalized spacial score (nSPS) is 13.0. The van der Waals surface area contributed by atoms with Crippen molar-refractivity contribution in [3.8, 4) is 21.9 Å². The number of fused-ring (bicyclic) bond motifs is 2. The number of amides is 1. The summed E-state index contributed by atoms with van der Waals surface area (Å²) in [6.07, 6.45) is 0.562. The lowest BCUT2D eigenvalue weighted by Crippen LogP contribution is -2.38. The Kier molecular flexibility index (Phi) is 6.85. The topological polar surface area (TPSA) is 73.7 Å². The summed E-state index contributed by atoms with van der Waals surface area (Å²) >= 11 is 1.64. The highest BCUT2D eigenvalue weighted by molar-refractivity contribution is 7.13. The van der Waals surface area contributed by atoms with Gasteiger partial charge in [0.1, 0.15) is 13.2 Å². The van der Waals surface area contributed by atoms with Crippen molar-refractivity contribution in [1.29, 1.82) is 0 Å². The van der Waals surface area contributed by atoms with Crippen LogP contribution < -0.4 is 15.0 Å². The van der Waals surface area contributed by atoms with E-state index >= 15 is 0 Å². The van der Waals surface area contributed by atoms with E-state index in [1.807, 2.05) is 72.1 Å². The number of nitrogens with zero attached hydrogens (tertiary/aromatic N) is 3. The first-order valence-corrected chi connectivity index (χ1v) is 13.7. The zero-order valence-corrected chi connectivity index (χ0v) is 22.3. The third-order valence-electron chi connectivity index (χ3n) is 6.92. The van der Waals surface area contributed by atoms with Crippen LogP contribution in [0.25, 0.3) is 21.2 Å². The predicted octanol–water partition coefficient (Wildman–Crippen LogP) is 5.15. The molecule has 0 bridgehead atoms. The Bertz CT molecular complexity index is 1700. The SMILES string of the molecule is COc1cc(-c2cccs2)cc2c1OCCN(C(=O)Cn1nc(Cc3ccccc3)c3ccccc3c1=O)C2. The number of aromatic nitrogens is 2. The molecule has 196 valence electrons. The molecule has 1 aliphatic rings. The van der Waals surface area contributed by atoms with Gasteiger partial charge in [-0.3, -0.25) is 9.59 Å². The molecule has 0 fully saturated rings. The maximum atomic E-state index is 13.6. The summed E-state index contributed by atoms with van der Waals surface area (Å²) in [5.74, 6) is 1.10. The molecule has 0 N–H and O–H groups in total. The molecule has 0 spiro atoms. The van der Waals surface area contributed by atoms with Crippen LogP contribution >= 0.6 is 11.3 Å². The number of benzene rings is 3. The smallest absolute Gasteiger partial charge is 0.275 e. The molecule has 8 heteroatoms. The highest BCUT2D eigenvalue weighted by atomic mass is 32.1. The molecule has 3 aromatic carbocycles. The molecular weight excluding hydrogens is 510 g/mol. The van der Waals surface area contributed by atoms with Gasteiger partial charge in [-0.15, -0.1) is 11.3 Å². The fourth-order valence-corrected chi connectivity index (χ4v) is 5.71. The first-order valence-electron chi connectivity index (χ1n) is 12.8. The summed E-state index contributed by atoms with van der Waals surface area (Å²) in [5, 5.41) is 8.07. The van der Waals surface area contributed by atoms with Gasteiger partial charge in [0.05, 0.1) is 24.7 Å². The summed E-state index contributed by atoms with van der Waals surface area (Å²) in [4.78, 5) is 29.8. The monoisotopic (exact) mass is 537 g/mol. The van der Waals surface area contributed by atoms with Crippen LogP contribution in [-0.2, 0) is 24.3 Å². The molecule has 6 rings (SSSR count). The van der Waals surface area contributed by atoms with Gasteiger partial charge in [-0.2, -0.15) is 5.10 Å². The Balaban J connectivity index is 1.32. The van der Waals surface area contributed by atoms with E-state index in [2.05, 4.69) is 11.2 Å². The number of methoxy groups -OCH3 is 1. The van der Waals surface area contributed by atoms with Crippen molar-refractivity contribution < 1.29 is 14.3 Å². The molecule has 1 amide bonds. The van der Waals surface area contributed by atoms with E-state index in [0.717, 1.165) is 32.6 Å². The van der Waals surface area contributed by atoms with Crippen LogP contribution in [0.1, 0.15) is 16.8 Å². The minimum atomic E-state index is -0.274. The second-order valence-electron chi connectivity index (χ2n) is 9.43. The Hall–Kier alpha value is -4.43. The van der Waals surface area contributed by atoms with E-state index in [9.17, 15) is 9.59 Å². The van der Waals surface area contributed by atoms with Gasteiger partial charge in [-0.1, -0.05) is 54.6 Å². The third kappa shape index (κ3) is 5.03. The van der Waals surface area contributed by atoms with Gasteiger partial charge in [-0.05, 0) is 40.8 Å². The van der Waals surface area contributed by atoms with Crippen LogP contribution in [0, 0.1) is 0 Å². The average Bonchev–Trinajstić information content (AvgIpc) is 3.42. The van der Waals surface area contributed by atoms with Gasteiger partial charge >= 0.3 is 0 Å². The first-order chi connectivity index (χ1) is 19.1. The van der Waals surface area contributed by atoms with E-state index in [1.165, 1.54) is 4.68 Å². The number of rotatable bonds is 6. The summed E-state index contributed by atoms with van der Waals surface area (Å²) in [6.45, 7) is 0.919. The maximum Gasteiger partial charge on any atom is 0.275 e. The highest BCUT2D eigenvalue weighted by Gasteiger charge is 2.25. The Morgan fingerprint density at radius 2 is 1.82 bits per heavy atom. The van der Waals surface area contributed by atoms with Crippen LogP contribution in [0.15, 0.2) is 89.0 Å². The summed E-state index contributed by atoms with van der Waals surface area (Å²) < 4.78 is 13.0. The highest BCUT2D eigenvalue weighted by Crippen LogP contribution is 2.39. The lowest BCUT2D eigenvalue weighted by Gasteiger charge is -2.21. The number of carbonyl (C=O) groups excluding carboxylic acids is 1. The van der Waals surface area contributed by atoms with Crippen LogP contribution in [-0.4, -0.2) is 40.8 Å². The molecule has 7 nitrogen and oxygen atoms in total. The zero-order valence-electron chi connectivity index (χ0n) is 21.5. The molecule has 0 atom stereocenters. The molecule has 0 unspecified atom stereocenters. The molecule has 1 aliphatic heterocycles. The summed E-state index contributed by atoms with van der Waals surface area (Å²) in [6, 6.07) is 25.5. The van der Waals surface area contributed by atoms with Crippen molar-refractivity contribution in [2.45, 2.75) is 19.5 Å². The average molecular weight is 538 g/mol. The van der Waals surface area contributed by atoms with Gasteiger partial charge in [0.15, 0.2) is 11.5 Å². The molecule has 0 saturated heterocycles. The summed E-state index contributed by atoms with van der Waals surface area (Å²) in [5.41, 5.74) is 3.45. The van der Waals surface area contributed by atoms with E-state index in [1.54, 1.807) is 29.4 Å². The second-order valence-corrected chi connectivity index (χ2v) is 10.4. The van der Waals surface area contributed by atoms with Gasteiger partial charge < -0.3 is 14.4 Å². The zero-order chi connectivity index (χ0) is 26.8. The van der Waals surface area contributed by atoms with Crippen LogP contribution in [0.3, 0.4) is 0 Å². The molecule has 2 aromatic heterocycles. The quantitative estimate of drug-likeness (QED) is 0.300. The van der Waals surface area contributed by atoms with E-state index < -0.39 is 0 Å². The molecule has 0 radical (unpaired) electrons. The predicted molar refractivity (Wildman–Crippen MR) is 152 cm³/mol. The molecule has 3 heterocycles. The van der Waals surface area contributed by atoms with Crippen molar-refractivity contribution in [2.75, 3.05) is 20.3 Å². The standard InChI is InChI=1S/C31H27N3O4S/c1-37-27-18-22(28-12-7-15-39-28)17-23-19-33(13-14-38-30(23)27)29(35)20-34-31(36)25-11-6-5-10-24(25)26(32-34)16-21-8-3-2-4-9-21/h2-12,15,17-18H,13-14,16,19-20H2,1H3. The maximum absolute atomic E-state index is 13.6. The van der Waals surface area contributed by atoms with E-state index in [-0.39, 0.29) is 18.0 Å². The van der Waals surface area contributed by atoms with Crippen LogP contribution in [0.2, 0.25) is 0 Å². The second kappa shape index (κ2) is 10.7. The number of ether oxygens (including phenoxy) is 2. The third-order valence-corrected chi connectivity index (χ3v) is 7.84. The van der Waals surface area contributed by atoms with Crippen molar-refractivity contribution in [3.63, 3.8) is 0 Å². The number of hydrogen-bond acceptors (Lipinski definition) is 6. The van der Waals surface area contributed by atoms with Gasteiger partial charge in [0.2, 0.25) is 5.91 Å². The Morgan fingerprint density at radius 1 is 1.03 bits per heavy atom. The van der Waals surface area contributed by atoms with Crippen molar-refractivity contribution in [3.05, 3.63) is 111 Å². The molecular formula is C31H27N3O4S. The van der Waals surface area contributed by atoms with Crippen molar-refractivity contribution >= 4 is 28.0 Å². The van der Waals surface area contributed by atoms with Crippen LogP contribution in [0.5, 0.6) is 11.5 Å². The van der Waals surface area contributed by atoms with Crippen molar-refractivity contribution in [1.82, 2.24) is 14.7 Å². The van der Waals surface area contributed by atoms with Gasteiger partial charge in [0, 0.05) is 28.8 Å². The van der Waals surface area contributed by atoms with Crippen molar-refractivity contribution in [2.24, 2.45) is 0 Å². The molecule has 5 aromatic rings.